The molecule has 0 fully saturated rings. The number of carbonyl (C=O) groups is 1. The number of anilines is 1. The Labute approximate surface area is 149 Å². The SMILES string of the molecule is O=C(/C=C/c1ccc2c(c1)OCCO2)Nc1cccc(-n2cnnn2)c1. The summed E-state index contributed by atoms with van der Waals surface area (Å²) in [6.07, 6.45) is 4.68. The number of fused-ring (bicyclic) bond motifs is 1. The number of amides is 1. The molecule has 0 unspecified atom stereocenters. The average molecular weight is 349 g/mol. The van der Waals surface area contributed by atoms with Crippen molar-refractivity contribution in [3.05, 3.63) is 60.4 Å². The van der Waals surface area contributed by atoms with E-state index in [4.69, 9.17) is 9.47 Å². The van der Waals surface area contributed by atoms with Crippen molar-refractivity contribution in [2.24, 2.45) is 0 Å². The summed E-state index contributed by atoms with van der Waals surface area (Å²) in [6, 6.07) is 12.8. The van der Waals surface area contributed by atoms with E-state index in [9.17, 15) is 4.79 Å². The van der Waals surface area contributed by atoms with Gasteiger partial charge < -0.3 is 14.8 Å². The lowest BCUT2D eigenvalue weighted by molar-refractivity contribution is -0.111. The number of hydrogen-bond acceptors (Lipinski definition) is 6. The van der Waals surface area contributed by atoms with Gasteiger partial charge in [0.2, 0.25) is 5.91 Å². The van der Waals surface area contributed by atoms with Crippen molar-refractivity contribution in [3.8, 4) is 17.2 Å². The highest BCUT2D eigenvalue weighted by atomic mass is 16.6. The smallest absolute Gasteiger partial charge is 0.248 e. The number of rotatable bonds is 4. The van der Waals surface area contributed by atoms with E-state index in [1.54, 1.807) is 18.2 Å². The van der Waals surface area contributed by atoms with Gasteiger partial charge in [-0.2, -0.15) is 0 Å². The molecule has 8 heteroatoms. The first-order valence-corrected chi connectivity index (χ1v) is 8.00. The predicted octanol–water partition coefficient (Wildman–Crippen LogP) is 2.09. The van der Waals surface area contributed by atoms with Crippen LogP contribution in [-0.4, -0.2) is 39.3 Å². The maximum Gasteiger partial charge on any atom is 0.248 e. The molecule has 1 aromatic heterocycles. The molecule has 2 aromatic carbocycles. The molecular weight excluding hydrogens is 334 g/mol. The Morgan fingerprint density at radius 2 is 2.00 bits per heavy atom. The van der Waals surface area contributed by atoms with Crippen LogP contribution in [0.3, 0.4) is 0 Å². The van der Waals surface area contributed by atoms with E-state index in [-0.39, 0.29) is 5.91 Å². The summed E-state index contributed by atoms with van der Waals surface area (Å²) in [5.41, 5.74) is 2.25. The van der Waals surface area contributed by atoms with E-state index in [1.807, 2.05) is 30.3 Å². The van der Waals surface area contributed by atoms with Gasteiger partial charge in [0.05, 0.1) is 5.69 Å². The number of benzene rings is 2. The molecule has 1 aliphatic rings. The van der Waals surface area contributed by atoms with E-state index >= 15 is 0 Å². The van der Waals surface area contributed by atoms with Crippen LogP contribution in [0.1, 0.15) is 5.56 Å². The first-order valence-electron chi connectivity index (χ1n) is 8.00. The van der Waals surface area contributed by atoms with Gasteiger partial charge in [0.15, 0.2) is 11.5 Å². The summed E-state index contributed by atoms with van der Waals surface area (Å²) in [7, 11) is 0. The molecule has 0 radical (unpaired) electrons. The van der Waals surface area contributed by atoms with Crippen LogP contribution in [0, 0.1) is 0 Å². The number of ether oxygens (including phenoxy) is 2. The number of carbonyl (C=O) groups excluding carboxylic acids is 1. The van der Waals surface area contributed by atoms with Crippen LogP contribution in [0.25, 0.3) is 11.8 Å². The Kier molecular flexibility index (Phi) is 4.29. The minimum absolute atomic E-state index is 0.242. The molecule has 8 nitrogen and oxygen atoms in total. The van der Waals surface area contributed by atoms with Gasteiger partial charge in [-0.25, -0.2) is 4.68 Å². The fourth-order valence-electron chi connectivity index (χ4n) is 2.53. The van der Waals surface area contributed by atoms with Gasteiger partial charge in [-0.1, -0.05) is 12.1 Å². The maximum absolute atomic E-state index is 12.2. The van der Waals surface area contributed by atoms with E-state index in [2.05, 4.69) is 20.8 Å². The lowest BCUT2D eigenvalue weighted by Gasteiger charge is -2.18. The molecule has 0 saturated carbocycles. The Balaban J connectivity index is 1.44. The predicted molar refractivity (Wildman–Crippen MR) is 94.2 cm³/mol. The highest BCUT2D eigenvalue weighted by Gasteiger charge is 2.10. The molecule has 1 amide bonds. The van der Waals surface area contributed by atoms with Crippen molar-refractivity contribution >= 4 is 17.7 Å². The van der Waals surface area contributed by atoms with Crippen LogP contribution >= 0.6 is 0 Å². The number of nitrogens with one attached hydrogen (secondary N) is 1. The molecule has 4 rings (SSSR count). The van der Waals surface area contributed by atoms with Gasteiger partial charge >= 0.3 is 0 Å². The van der Waals surface area contributed by atoms with Crippen molar-refractivity contribution in [3.63, 3.8) is 0 Å². The number of aromatic nitrogens is 4. The first-order chi connectivity index (χ1) is 12.8. The molecule has 0 bridgehead atoms. The molecule has 1 aliphatic heterocycles. The highest BCUT2D eigenvalue weighted by molar-refractivity contribution is 6.02. The maximum atomic E-state index is 12.2. The molecular formula is C18H15N5O3. The van der Waals surface area contributed by atoms with E-state index in [0.717, 1.165) is 17.0 Å². The lowest BCUT2D eigenvalue weighted by Crippen LogP contribution is -2.15. The third-order valence-corrected chi connectivity index (χ3v) is 3.72. The lowest BCUT2D eigenvalue weighted by atomic mass is 10.2. The van der Waals surface area contributed by atoms with Crippen LogP contribution in [0.5, 0.6) is 11.5 Å². The molecule has 0 atom stereocenters. The number of tetrazole rings is 1. The Hall–Kier alpha value is -3.68. The fraction of sp³-hybridized carbons (Fsp3) is 0.111. The zero-order valence-corrected chi connectivity index (χ0v) is 13.7. The third kappa shape index (κ3) is 3.54. The summed E-state index contributed by atoms with van der Waals surface area (Å²) in [4.78, 5) is 12.2. The zero-order chi connectivity index (χ0) is 17.8. The number of hydrogen-bond donors (Lipinski definition) is 1. The minimum Gasteiger partial charge on any atom is -0.486 e. The minimum atomic E-state index is -0.242. The summed E-state index contributed by atoms with van der Waals surface area (Å²) < 4.78 is 12.5. The second-order valence-corrected chi connectivity index (χ2v) is 5.53. The molecule has 26 heavy (non-hydrogen) atoms. The van der Waals surface area contributed by atoms with E-state index in [1.165, 1.54) is 17.1 Å². The molecule has 0 spiro atoms. The average Bonchev–Trinajstić information content (AvgIpc) is 3.21. The first kappa shape index (κ1) is 15.8. The number of nitrogens with zero attached hydrogens (tertiary/aromatic N) is 4. The summed E-state index contributed by atoms with van der Waals surface area (Å²) in [5, 5.41) is 13.8. The summed E-state index contributed by atoms with van der Waals surface area (Å²) in [6.45, 7) is 1.08. The molecule has 1 N–H and O–H groups in total. The quantitative estimate of drug-likeness (QED) is 0.725. The molecule has 130 valence electrons. The Bertz CT molecular complexity index is 953. The Morgan fingerprint density at radius 3 is 2.85 bits per heavy atom. The van der Waals surface area contributed by atoms with Crippen LogP contribution in [0.2, 0.25) is 0 Å². The van der Waals surface area contributed by atoms with E-state index < -0.39 is 0 Å². The second-order valence-electron chi connectivity index (χ2n) is 5.53. The van der Waals surface area contributed by atoms with Crippen LogP contribution in [-0.2, 0) is 4.79 Å². The van der Waals surface area contributed by atoms with Crippen LogP contribution in [0.15, 0.2) is 54.9 Å². The van der Waals surface area contributed by atoms with Crippen molar-refractivity contribution in [1.82, 2.24) is 20.2 Å². The zero-order valence-electron chi connectivity index (χ0n) is 13.7. The monoisotopic (exact) mass is 349 g/mol. The van der Waals surface area contributed by atoms with Crippen molar-refractivity contribution in [2.75, 3.05) is 18.5 Å². The normalized spacial score (nSPS) is 12.9. The van der Waals surface area contributed by atoms with Gasteiger partial charge in [-0.15, -0.1) is 5.10 Å². The van der Waals surface area contributed by atoms with Crippen LogP contribution < -0.4 is 14.8 Å². The second kappa shape index (κ2) is 7.06. The third-order valence-electron chi connectivity index (χ3n) is 3.72. The van der Waals surface area contributed by atoms with Gasteiger partial charge in [0, 0.05) is 11.8 Å². The van der Waals surface area contributed by atoms with Gasteiger partial charge in [-0.05, 0) is 52.4 Å². The molecule has 3 aromatic rings. The van der Waals surface area contributed by atoms with Gasteiger partial charge in [-0.3, -0.25) is 4.79 Å². The largest absolute Gasteiger partial charge is 0.486 e. The fourth-order valence-corrected chi connectivity index (χ4v) is 2.53. The van der Waals surface area contributed by atoms with E-state index in [0.29, 0.717) is 24.7 Å². The van der Waals surface area contributed by atoms with Gasteiger partial charge in [0.25, 0.3) is 0 Å². The van der Waals surface area contributed by atoms with Gasteiger partial charge in [0.1, 0.15) is 19.5 Å². The Morgan fingerprint density at radius 1 is 1.12 bits per heavy atom. The summed E-state index contributed by atoms with van der Waals surface area (Å²) >= 11 is 0. The highest BCUT2D eigenvalue weighted by Crippen LogP contribution is 2.31. The summed E-state index contributed by atoms with van der Waals surface area (Å²) in [5.74, 6) is 1.17. The standard InChI is InChI=1S/C18H15N5O3/c24-18(7-5-13-4-6-16-17(10-13)26-9-8-25-16)20-14-2-1-3-15(11-14)23-12-19-21-22-23/h1-7,10-12H,8-9H2,(H,20,24)/b7-5+. The van der Waals surface area contributed by atoms with Crippen molar-refractivity contribution < 1.29 is 14.3 Å². The molecule has 2 heterocycles. The van der Waals surface area contributed by atoms with Crippen molar-refractivity contribution in [1.29, 1.82) is 0 Å². The van der Waals surface area contributed by atoms with Crippen LogP contribution in [0.4, 0.5) is 5.69 Å². The topological polar surface area (TPSA) is 91.2 Å². The molecule has 0 aliphatic carbocycles. The molecule has 0 saturated heterocycles. The van der Waals surface area contributed by atoms with Crippen molar-refractivity contribution in [2.45, 2.75) is 0 Å².